The highest BCUT2D eigenvalue weighted by molar-refractivity contribution is 6.36. The fourth-order valence-electron chi connectivity index (χ4n) is 2.61. The second-order valence-corrected chi connectivity index (χ2v) is 5.61. The Hall–Kier alpha value is -1.53. The number of likely N-dealkylation sites (N-methyl/N-ethyl adjacent to an activating group) is 1. The second-order valence-electron chi connectivity index (χ2n) is 5.23. The Labute approximate surface area is 123 Å². The Kier molecular flexibility index (Phi) is 4.67. The maximum absolute atomic E-state index is 8.80. The molecule has 6 nitrogen and oxygen atoms in total. The quantitative estimate of drug-likeness (QED) is 0.380. The van der Waals surface area contributed by atoms with E-state index in [1.807, 2.05) is 0 Å². The van der Waals surface area contributed by atoms with Crippen LogP contribution in [0.5, 0.6) is 0 Å². The van der Waals surface area contributed by atoms with Gasteiger partial charge in [0.1, 0.15) is 5.82 Å². The van der Waals surface area contributed by atoms with Crippen molar-refractivity contribution in [2.45, 2.75) is 18.9 Å². The standard InChI is InChI=1S/C13H20ClN5O/c1-18(2)8-9-4-3-7-19(9)13-11(14)10(5-6-16-13)12(15)17-20/h5-6,9,20H,3-4,7-8H2,1-2H3,(H2,15,17). The molecular formula is C13H20ClN5O. The molecule has 1 aliphatic rings. The lowest BCUT2D eigenvalue weighted by Crippen LogP contribution is -2.38. The van der Waals surface area contributed by atoms with E-state index in [-0.39, 0.29) is 5.84 Å². The molecule has 2 rings (SSSR count). The van der Waals surface area contributed by atoms with Crippen LogP contribution < -0.4 is 10.6 Å². The number of pyridine rings is 1. The third-order valence-electron chi connectivity index (χ3n) is 3.48. The first-order valence-corrected chi connectivity index (χ1v) is 6.96. The lowest BCUT2D eigenvalue weighted by Gasteiger charge is -2.29. The van der Waals surface area contributed by atoms with Gasteiger partial charge in [-0.2, -0.15) is 0 Å². The summed E-state index contributed by atoms with van der Waals surface area (Å²) in [5.74, 6) is 0.710. The topological polar surface area (TPSA) is 78.0 Å². The van der Waals surface area contributed by atoms with Gasteiger partial charge < -0.3 is 20.7 Å². The highest BCUT2D eigenvalue weighted by Gasteiger charge is 2.28. The molecule has 1 aromatic rings. The summed E-state index contributed by atoms with van der Waals surface area (Å²) >= 11 is 6.37. The summed E-state index contributed by atoms with van der Waals surface area (Å²) in [6, 6.07) is 2.04. The molecule has 20 heavy (non-hydrogen) atoms. The minimum Gasteiger partial charge on any atom is -0.409 e. The molecular weight excluding hydrogens is 278 g/mol. The summed E-state index contributed by atoms with van der Waals surface area (Å²) in [7, 11) is 4.11. The number of rotatable bonds is 4. The van der Waals surface area contributed by atoms with Crippen LogP contribution in [0.4, 0.5) is 5.82 Å². The summed E-state index contributed by atoms with van der Waals surface area (Å²) in [6.45, 7) is 1.87. The summed E-state index contributed by atoms with van der Waals surface area (Å²) in [5.41, 5.74) is 6.15. The number of nitrogens with two attached hydrogens (primary N) is 1. The van der Waals surface area contributed by atoms with E-state index in [9.17, 15) is 0 Å². The molecule has 7 heteroatoms. The largest absolute Gasteiger partial charge is 0.409 e. The van der Waals surface area contributed by atoms with Crippen LogP contribution in [0.1, 0.15) is 18.4 Å². The van der Waals surface area contributed by atoms with Crippen molar-refractivity contribution in [2.75, 3.05) is 32.1 Å². The van der Waals surface area contributed by atoms with Crippen LogP contribution in [0, 0.1) is 0 Å². The minimum absolute atomic E-state index is 0.00186. The normalized spacial score (nSPS) is 19.9. The van der Waals surface area contributed by atoms with Gasteiger partial charge in [0, 0.05) is 30.9 Å². The molecule has 0 saturated carbocycles. The van der Waals surface area contributed by atoms with E-state index >= 15 is 0 Å². The molecule has 0 amide bonds. The Balaban J connectivity index is 2.32. The molecule has 1 unspecified atom stereocenters. The SMILES string of the molecule is CN(C)CC1CCCN1c1nccc(/C(N)=N/O)c1Cl. The van der Waals surface area contributed by atoms with Gasteiger partial charge in [-0.3, -0.25) is 0 Å². The number of aromatic nitrogens is 1. The van der Waals surface area contributed by atoms with Gasteiger partial charge >= 0.3 is 0 Å². The number of oxime groups is 1. The summed E-state index contributed by atoms with van der Waals surface area (Å²) in [4.78, 5) is 8.74. The van der Waals surface area contributed by atoms with E-state index in [4.69, 9.17) is 22.5 Å². The van der Waals surface area contributed by atoms with Crippen LogP contribution in [-0.2, 0) is 0 Å². The van der Waals surface area contributed by atoms with E-state index in [2.05, 4.69) is 34.0 Å². The van der Waals surface area contributed by atoms with Crippen LogP contribution in [0.15, 0.2) is 17.4 Å². The molecule has 1 aliphatic heterocycles. The highest BCUT2D eigenvalue weighted by atomic mass is 35.5. The number of amidine groups is 1. The van der Waals surface area contributed by atoms with Crippen molar-refractivity contribution in [3.63, 3.8) is 0 Å². The molecule has 0 spiro atoms. The first-order valence-electron chi connectivity index (χ1n) is 6.58. The molecule has 0 aromatic carbocycles. The van der Waals surface area contributed by atoms with Crippen molar-refractivity contribution in [1.29, 1.82) is 0 Å². The molecule has 1 atom stereocenters. The van der Waals surface area contributed by atoms with Gasteiger partial charge in [0.25, 0.3) is 0 Å². The van der Waals surface area contributed by atoms with E-state index < -0.39 is 0 Å². The number of halogens is 1. The third kappa shape index (κ3) is 2.96. The number of hydrogen-bond acceptors (Lipinski definition) is 5. The zero-order chi connectivity index (χ0) is 14.7. The molecule has 2 heterocycles. The molecule has 110 valence electrons. The number of anilines is 1. The predicted octanol–water partition coefficient (Wildman–Crippen LogP) is 1.36. The smallest absolute Gasteiger partial charge is 0.171 e. The maximum atomic E-state index is 8.80. The molecule has 0 radical (unpaired) electrons. The van der Waals surface area contributed by atoms with Gasteiger partial charge in [-0.15, -0.1) is 0 Å². The monoisotopic (exact) mass is 297 g/mol. The van der Waals surface area contributed by atoms with Gasteiger partial charge in [0.2, 0.25) is 0 Å². The lowest BCUT2D eigenvalue weighted by atomic mass is 10.2. The summed E-state index contributed by atoms with van der Waals surface area (Å²) in [6.07, 6.45) is 3.87. The summed E-state index contributed by atoms with van der Waals surface area (Å²) in [5, 5.41) is 12.3. The predicted molar refractivity (Wildman–Crippen MR) is 80.7 cm³/mol. The van der Waals surface area contributed by atoms with Gasteiger partial charge in [0.05, 0.1) is 5.02 Å². The molecule has 1 fully saturated rings. The van der Waals surface area contributed by atoms with Crippen molar-refractivity contribution >= 4 is 23.3 Å². The van der Waals surface area contributed by atoms with Crippen molar-refractivity contribution in [1.82, 2.24) is 9.88 Å². The van der Waals surface area contributed by atoms with Crippen LogP contribution >= 0.6 is 11.6 Å². The Morgan fingerprint density at radius 3 is 3.05 bits per heavy atom. The first-order chi connectivity index (χ1) is 9.54. The average Bonchev–Trinajstić information content (AvgIpc) is 2.85. The van der Waals surface area contributed by atoms with Crippen molar-refractivity contribution < 1.29 is 5.21 Å². The molecule has 1 aromatic heterocycles. The third-order valence-corrected chi connectivity index (χ3v) is 3.85. The summed E-state index contributed by atoms with van der Waals surface area (Å²) < 4.78 is 0. The van der Waals surface area contributed by atoms with Crippen molar-refractivity contribution in [2.24, 2.45) is 10.9 Å². The zero-order valence-electron chi connectivity index (χ0n) is 11.8. The second kappa shape index (κ2) is 6.28. The highest BCUT2D eigenvalue weighted by Crippen LogP contribution is 2.32. The van der Waals surface area contributed by atoms with Crippen LogP contribution in [-0.4, -0.2) is 54.2 Å². The van der Waals surface area contributed by atoms with E-state index in [0.717, 1.165) is 25.9 Å². The lowest BCUT2D eigenvalue weighted by molar-refractivity contribution is 0.318. The average molecular weight is 298 g/mol. The number of hydrogen-bond donors (Lipinski definition) is 2. The zero-order valence-corrected chi connectivity index (χ0v) is 12.5. The number of nitrogens with zero attached hydrogens (tertiary/aromatic N) is 4. The van der Waals surface area contributed by atoms with Crippen LogP contribution in [0.2, 0.25) is 5.02 Å². The minimum atomic E-state index is 0.00186. The van der Waals surface area contributed by atoms with E-state index in [1.54, 1.807) is 12.3 Å². The van der Waals surface area contributed by atoms with E-state index in [0.29, 0.717) is 22.4 Å². The molecule has 0 bridgehead atoms. The Bertz CT molecular complexity index is 506. The van der Waals surface area contributed by atoms with Gasteiger partial charge in [0.15, 0.2) is 5.84 Å². The van der Waals surface area contributed by atoms with E-state index in [1.165, 1.54) is 0 Å². The Morgan fingerprint density at radius 2 is 2.40 bits per heavy atom. The van der Waals surface area contributed by atoms with Crippen LogP contribution in [0.3, 0.4) is 0 Å². The van der Waals surface area contributed by atoms with Gasteiger partial charge in [-0.25, -0.2) is 4.98 Å². The fraction of sp³-hybridized carbons (Fsp3) is 0.538. The van der Waals surface area contributed by atoms with Crippen molar-refractivity contribution in [3.05, 3.63) is 22.8 Å². The van der Waals surface area contributed by atoms with Crippen molar-refractivity contribution in [3.8, 4) is 0 Å². The molecule has 1 saturated heterocycles. The molecule has 3 N–H and O–H groups in total. The molecule has 0 aliphatic carbocycles. The maximum Gasteiger partial charge on any atom is 0.171 e. The fourth-order valence-corrected chi connectivity index (χ4v) is 2.93. The van der Waals surface area contributed by atoms with Gasteiger partial charge in [-0.1, -0.05) is 16.8 Å². The Morgan fingerprint density at radius 1 is 1.65 bits per heavy atom. The first kappa shape index (κ1) is 14.9. The van der Waals surface area contributed by atoms with Gasteiger partial charge in [-0.05, 0) is 33.0 Å². The van der Waals surface area contributed by atoms with Crippen LogP contribution in [0.25, 0.3) is 0 Å².